The summed E-state index contributed by atoms with van der Waals surface area (Å²) in [6.45, 7) is 3.47. The third-order valence-electron chi connectivity index (χ3n) is 4.49. The third kappa shape index (κ3) is 3.95. The Morgan fingerprint density at radius 1 is 1.24 bits per heavy atom. The number of piperidine rings is 1. The quantitative estimate of drug-likeness (QED) is 0.844. The predicted octanol–water partition coefficient (Wildman–Crippen LogP) is 2.12. The Bertz CT molecular complexity index is 330. The van der Waals surface area contributed by atoms with Gasteiger partial charge < -0.3 is 5.32 Å². The molecule has 0 saturated carbocycles. The van der Waals surface area contributed by atoms with Gasteiger partial charge >= 0.3 is 0 Å². The molecule has 2 heterocycles. The van der Waals surface area contributed by atoms with E-state index in [0.717, 1.165) is 19.4 Å². The molecule has 4 heteroatoms. The number of hydrogen-bond acceptors (Lipinski definition) is 3. The highest BCUT2D eigenvalue weighted by atomic mass is 32.2. The van der Waals surface area contributed by atoms with Crippen molar-refractivity contribution < 1.29 is 8.42 Å². The standard InChI is InChI=1S/C13H25NO2S/c1-13(7-2-3-9-14-13)8-4-12-5-10-17(15,16)11-6-12/h12,14H,2-11H2,1H3. The highest BCUT2D eigenvalue weighted by molar-refractivity contribution is 7.91. The molecule has 17 heavy (non-hydrogen) atoms. The normalized spacial score (nSPS) is 34.6. The number of hydrogen-bond donors (Lipinski definition) is 1. The smallest absolute Gasteiger partial charge is 0.150 e. The number of rotatable bonds is 3. The van der Waals surface area contributed by atoms with Crippen molar-refractivity contribution in [3.8, 4) is 0 Å². The molecule has 1 atom stereocenters. The maximum atomic E-state index is 11.4. The molecule has 3 nitrogen and oxygen atoms in total. The first kappa shape index (κ1) is 13.3. The van der Waals surface area contributed by atoms with Gasteiger partial charge in [0.25, 0.3) is 0 Å². The van der Waals surface area contributed by atoms with Gasteiger partial charge in [0.1, 0.15) is 9.84 Å². The Morgan fingerprint density at radius 2 is 1.94 bits per heavy atom. The van der Waals surface area contributed by atoms with E-state index in [1.54, 1.807) is 0 Å². The molecule has 2 rings (SSSR count). The van der Waals surface area contributed by atoms with Crippen LogP contribution < -0.4 is 5.32 Å². The van der Waals surface area contributed by atoms with E-state index in [9.17, 15) is 8.42 Å². The second-order valence-electron chi connectivity index (χ2n) is 6.08. The maximum absolute atomic E-state index is 11.4. The van der Waals surface area contributed by atoms with Gasteiger partial charge in [0.2, 0.25) is 0 Å². The fraction of sp³-hybridized carbons (Fsp3) is 1.00. The van der Waals surface area contributed by atoms with Crippen molar-refractivity contribution in [2.75, 3.05) is 18.1 Å². The molecule has 2 fully saturated rings. The minimum Gasteiger partial charge on any atom is -0.312 e. The van der Waals surface area contributed by atoms with Crippen LogP contribution in [0.25, 0.3) is 0 Å². The Balaban J connectivity index is 1.75. The highest BCUT2D eigenvalue weighted by Gasteiger charge is 2.29. The number of sulfone groups is 1. The van der Waals surface area contributed by atoms with Crippen LogP contribution in [0.15, 0.2) is 0 Å². The zero-order valence-corrected chi connectivity index (χ0v) is 11.7. The largest absolute Gasteiger partial charge is 0.312 e. The van der Waals surface area contributed by atoms with Crippen LogP contribution in [-0.2, 0) is 9.84 Å². The van der Waals surface area contributed by atoms with Gasteiger partial charge in [-0.3, -0.25) is 0 Å². The summed E-state index contributed by atoms with van der Waals surface area (Å²) in [5.74, 6) is 1.47. The van der Waals surface area contributed by atoms with Crippen molar-refractivity contribution in [2.24, 2.45) is 5.92 Å². The SMILES string of the molecule is CC1(CCC2CCS(=O)(=O)CC2)CCCCN1. The second kappa shape index (κ2) is 5.27. The summed E-state index contributed by atoms with van der Waals surface area (Å²) in [5, 5.41) is 3.63. The molecule has 0 aliphatic carbocycles. The van der Waals surface area contributed by atoms with Crippen LogP contribution in [0.3, 0.4) is 0 Å². The van der Waals surface area contributed by atoms with Crippen LogP contribution in [0, 0.1) is 5.92 Å². The van der Waals surface area contributed by atoms with Gasteiger partial charge in [-0.05, 0) is 57.9 Å². The minimum absolute atomic E-state index is 0.314. The van der Waals surface area contributed by atoms with Gasteiger partial charge in [-0.1, -0.05) is 6.42 Å². The average Bonchev–Trinajstić information content (AvgIpc) is 2.29. The minimum atomic E-state index is -2.69. The van der Waals surface area contributed by atoms with Gasteiger partial charge in [0, 0.05) is 5.54 Å². The molecule has 2 aliphatic heterocycles. The average molecular weight is 259 g/mol. The molecule has 2 aliphatic rings. The molecule has 0 aromatic carbocycles. The van der Waals surface area contributed by atoms with E-state index in [1.807, 2.05) is 0 Å². The molecule has 1 unspecified atom stereocenters. The van der Waals surface area contributed by atoms with E-state index < -0.39 is 9.84 Å². The van der Waals surface area contributed by atoms with Gasteiger partial charge in [-0.15, -0.1) is 0 Å². The third-order valence-corrected chi connectivity index (χ3v) is 6.20. The van der Waals surface area contributed by atoms with Crippen molar-refractivity contribution >= 4 is 9.84 Å². The fourth-order valence-electron chi connectivity index (χ4n) is 3.08. The molecule has 1 N–H and O–H groups in total. The molecule has 0 amide bonds. The van der Waals surface area contributed by atoms with E-state index in [4.69, 9.17) is 0 Å². The van der Waals surface area contributed by atoms with E-state index in [2.05, 4.69) is 12.2 Å². The van der Waals surface area contributed by atoms with Crippen molar-refractivity contribution in [1.82, 2.24) is 5.32 Å². The van der Waals surface area contributed by atoms with Crippen LogP contribution in [0.5, 0.6) is 0 Å². The lowest BCUT2D eigenvalue weighted by atomic mass is 9.83. The summed E-state index contributed by atoms with van der Waals surface area (Å²) >= 11 is 0. The Morgan fingerprint density at radius 3 is 2.53 bits per heavy atom. The lowest BCUT2D eigenvalue weighted by Crippen LogP contribution is -2.46. The zero-order chi connectivity index (χ0) is 12.4. The highest BCUT2D eigenvalue weighted by Crippen LogP contribution is 2.29. The first-order valence-corrected chi connectivity index (χ1v) is 8.77. The molecule has 0 aromatic heterocycles. The first-order chi connectivity index (χ1) is 7.99. The lowest BCUT2D eigenvalue weighted by Gasteiger charge is -2.36. The summed E-state index contributed by atoms with van der Waals surface area (Å²) in [6.07, 6.45) is 8.09. The second-order valence-corrected chi connectivity index (χ2v) is 8.38. The van der Waals surface area contributed by atoms with Crippen LogP contribution in [-0.4, -0.2) is 32.0 Å². The monoisotopic (exact) mass is 259 g/mol. The summed E-state index contributed by atoms with van der Waals surface area (Å²) in [7, 11) is -2.69. The molecule has 100 valence electrons. The lowest BCUT2D eigenvalue weighted by molar-refractivity contribution is 0.236. The Kier molecular flexibility index (Phi) is 4.14. The maximum Gasteiger partial charge on any atom is 0.150 e. The topological polar surface area (TPSA) is 46.2 Å². The first-order valence-electron chi connectivity index (χ1n) is 6.95. The van der Waals surface area contributed by atoms with Crippen LogP contribution in [0.4, 0.5) is 0 Å². The van der Waals surface area contributed by atoms with E-state index in [0.29, 0.717) is 23.0 Å². The zero-order valence-electron chi connectivity index (χ0n) is 10.9. The van der Waals surface area contributed by atoms with E-state index in [-0.39, 0.29) is 0 Å². The van der Waals surface area contributed by atoms with Crippen LogP contribution in [0.2, 0.25) is 0 Å². The molecular formula is C13H25NO2S. The Labute approximate surface area is 105 Å². The molecular weight excluding hydrogens is 234 g/mol. The van der Waals surface area contributed by atoms with Gasteiger partial charge in [0.15, 0.2) is 0 Å². The summed E-state index contributed by atoms with van der Waals surface area (Å²) < 4.78 is 22.7. The molecule has 0 bridgehead atoms. The van der Waals surface area contributed by atoms with Crippen molar-refractivity contribution in [1.29, 1.82) is 0 Å². The van der Waals surface area contributed by atoms with Gasteiger partial charge in [0.05, 0.1) is 11.5 Å². The summed E-state index contributed by atoms with van der Waals surface area (Å²) in [6, 6.07) is 0. The predicted molar refractivity (Wildman–Crippen MR) is 70.9 cm³/mol. The van der Waals surface area contributed by atoms with Crippen molar-refractivity contribution in [3.63, 3.8) is 0 Å². The molecule has 0 aromatic rings. The van der Waals surface area contributed by atoms with E-state index >= 15 is 0 Å². The van der Waals surface area contributed by atoms with Crippen LogP contribution >= 0.6 is 0 Å². The summed E-state index contributed by atoms with van der Waals surface area (Å²) in [4.78, 5) is 0. The molecule has 0 spiro atoms. The van der Waals surface area contributed by atoms with Gasteiger partial charge in [-0.25, -0.2) is 8.42 Å². The molecule has 2 saturated heterocycles. The number of nitrogens with one attached hydrogen (secondary N) is 1. The van der Waals surface area contributed by atoms with Crippen molar-refractivity contribution in [2.45, 2.75) is 57.4 Å². The van der Waals surface area contributed by atoms with Crippen LogP contribution in [0.1, 0.15) is 51.9 Å². The molecule has 0 radical (unpaired) electrons. The fourth-order valence-corrected chi connectivity index (χ4v) is 4.67. The Hall–Kier alpha value is -0.0900. The van der Waals surface area contributed by atoms with E-state index in [1.165, 1.54) is 32.1 Å². The summed E-state index contributed by atoms with van der Waals surface area (Å²) in [5.41, 5.74) is 0.314. The van der Waals surface area contributed by atoms with Crippen molar-refractivity contribution in [3.05, 3.63) is 0 Å². The van der Waals surface area contributed by atoms with Gasteiger partial charge in [-0.2, -0.15) is 0 Å².